The lowest BCUT2D eigenvalue weighted by Crippen LogP contribution is -2.60. The Kier molecular flexibility index (Phi) is 4.59. The van der Waals surface area contributed by atoms with Crippen LogP contribution >= 0.6 is 0 Å². The van der Waals surface area contributed by atoms with Crippen LogP contribution in [-0.2, 0) is 11.8 Å². The maximum atomic E-state index is 12.9. The Bertz CT molecular complexity index is 890. The summed E-state index contributed by atoms with van der Waals surface area (Å²) in [6.45, 7) is 3.84. The minimum atomic E-state index is -0.146. The molecule has 27 heavy (non-hydrogen) atoms. The lowest BCUT2D eigenvalue weighted by molar-refractivity contribution is -0.141. The molecule has 4 rings (SSSR count). The average Bonchev–Trinajstić information content (AvgIpc) is 3.12. The Labute approximate surface area is 158 Å². The summed E-state index contributed by atoms with van der Waals surface area (Å²) < 4.78 is 7.47. The van der Waals surface area contributed by atoms with E-state index >= 15 is 0 Å². The van der Waals surface area contributed by atoms with E-state index in [0.29, 0.717) is 18.8 Å². The van der Waals surface area contributed by atoms with Gasteiger partial charge in [0, 0.05) is 31.5 Å². The number of amides is 1. The van der Waals surface area contributed by atoms with Gasteiger partial charge in [0.1, 0.15) is 23.7 Å². The highest BCUT2D eigenvalue weighted by atomic mass is 16.5. The predicted molar refractivity (Wildman–Crippen MR) is 102 cm³/mol. The molecule has 0 bridgehead atoms. The first-order chi connectivity index (χ1) is 13.0. The predicted octanol–water partition coefficient (Wildman–Crippen LogP) is 1.35. The highest BCUT2D eigenvalue weighted by Crippen LogP contribution is 2.27. The molecule has 1 amide bonds. The second kappa shape index (κ2) is 7.06. The zero-order chi connectivity index (χ0) is 19.0. The Morgan fingerprint density at radius 2 is 2.07 bits per heavy atom. The fourth-order valence-electron chi connectivity index (χ4n) is 3.72. The molecular formula is C20H24N4O3. The number of pyridine rings is 2. The van der Waals surface area contributed by atoms with E-state index in [9.17, 15) is 9.59 Å². The second-order valence-electron chi connectivity index (χ2n) is 7.25. The minimum Gasteiger partial charge on any atom is -0.486 e. The third-order valence-corrected chi connectivity index (χ3v) is 5.42. The zero-order valence-electron chi connectivity index (χ0n) is 15.7. The van der Waals surface area contributed by atoms with Crippen molar-refractivity contribution in [3.8, 4) is 5.75 Å². The Morgan fingerprint density at radius 3 is 2.78 bits per heavy atom. The molecule has 7 nitrogen and oxygen atoms in total. The molecule has 0 N–H and O–H groups in total. The van der Waals surface area contributed by atoms with Gasteiger partial charge in [0.05, 0.1) is 13.1 Å². The van der Waals surface area contributed by atoms with Crippen LogP contribution in [-0.4, -0.2) is 52.1 Å². The largest absolute Gasteiger partial charge is 0.486 e. The van der Waals surface area contributed by atoms with Crippen molar-refractivity contribution in [3.05, 3.63) is 52.6 Å². The van der Waals surface area contributed by atoms with Crippen LogP contribution in [0.25, 0.3) is 0 Å². The Morgan fingerprint density at radius 1 is 1.26 bits per heavy atom. The molecule has 0 aromatic carbocycles. The molecule has 2 saturated heterocycles. The standard InChI is InChI=1S/C20H24N4O3/c1-14-10-15(11-19(25)22(14)2)27-16-12-23(13-16)20(26)17-6-5-9-24(17)18-7-3-4-8-21-18/h3-4,7-8,10-11,16-17H,5-6,9,12-13H2,1-2H3. The van der Waals surface area contributed by atoms with Crippen molar-refractivity contribution in [2.75, 3.05) is 24.5 Å². The molecule has 7 heteroatoms. The summed E-state index contributed by atoms with van der Waals surface area (Å²) in [6, 6.07) is 8.98. The van der Waals surface area contributed by atoms with Crippen LogP contribution in [0, 0.1) is 6.92 Å². The first kappa shape index (κ1) is 17.6. The van der Waals surface area contributed by atoms with Gasteiger partial charge in [-0.3, -0.25) is 9.59 Å². The summed E-state index contributed by atoms with van der Waals surface area (Å²) in [5.74, 6) is 1.57. The van der Waals surface area contributed by atoms with Crippen LogP contribution in [0.5, 0.6) is 5.75 Å². The molecule has 2 aliphatic rings. The van der Waals surface area contributed by atoms with Gasteiger partial charge in [-0.1, -0.05) is 6.07 Å². The normalized spacial score (nSPS) is 19.9. The zero-order valence-corrected chi connectivity index (χ0v) is 15.7. The van der Waals surface area contributed by atoms with Crippen LogP contribution in [0.1, 0.15) is 18.5 Å². The Balaban J connectivity index is 1.36. The highest BCUT2D eigenvalue weighted by Gasteiger charge is 2.40. The molecule has 2 aliphatic heterocycles. The summed E-state index contributed by atoms with van der Waals surface area (Å²) in [5.41, 5.74) is 0.760. The maximum Gasteiger partial charge on any atom is 0.254 e. The van der Waals surface area contributed by atoms with Gasteiger partial charge < -0.3 is 19.1 Å². The third kappa shape index (κ3) is 3.41. The molecule has 0 radical (unpaired) electrons. The van der Waals surface area contributed by atoms with Crippen molar-refractivity contribution in [2.45, 2.75) is 31.9 Å². The van der Waals surface area contributed by atoms with Gasteiger partial charge in [-0.2, -0.15) is 0 Å². The fraction of sp³-hybridized carbons (Fsp3) is 0.450. The molecule has 4 heterocycles. The van der Waals surface area contributed by atoms with E-state index in [2.05, 4.69) is 9.88 Å². The van der Waals surface area contributed by atoms with E-state index in [0.717, 1.165) is 30.9 Å². The van der Waals surface area contributed by atoms with Crippen molar-refractivity contribution in [1.29, 1.82) is 0 Å². The third-order valence-electron chi connectivity index (χ3n) is 5.42. The molecule has 0 spiro atoms. The number of likely N-dealkylation sites (tertiary alicyclic amines) is 1. The monoisotopic (exact) mass is 368 g/mol. The van der Waals surface area contributed by atoms with Gasteiger partial charge in [-0.05, 0) is 38.0 Å². The molecule has 2 aromatic heterocycles. The summed E-state index contributed by atoms with van der Waals surface area (Å²) in [7, 11) is 1.74. The van der Waals surface area contributed by atoms with Crippen LogP contribution < -0.4 is 15.2 Å². The lowest BCUT2D eigenvalue weighted by atomic mass is 10.1. The van der Waals surface area contributed by atoms with Crippen molar-refractivity contribution in [2.24, 2.45) is 7.05 Å². The van der Waals surface area contributed by atoms with Gasteiger partial charge in [0.25, 0.3) is 5.56 Å². The molecule has 1 atom stereocenters. The molecular weight excluding hydrogens is 344 g/mol. The topological polar surface area (TPSA) is 67.7 Å². The molecule has 142 valence electrons. The highest BCUT2D eigenvalue weighted by molar-refractivity contribution is 5.86. The SMILES string of the molecule is Cc1cc(OC2CN(C(=O)C3CCCN3c3ccccn3)C2)cc(=O)n1C. The van der Waals surface area contributed by atoms with Gasteiger partial charge in [0.2, 0.25) is 5.91 Å². The number of rotatable bonds is 4. The molecule has 2 fully saturated rings. The van der Waals surface area contributed by atoms with Crippen LogP contribution in [0.3, 0.4) is 0 Å². The number of hydrogen-bond donors (Lipinski definition) is 0. The molecule has 0 aliphatic carbocycles. The summed E-state index contributed by atoms with van der Waals surface area (Å²) in [5, 5.41) is 0. The lowest BCUT2D eigenvalue weighted by Gasteiger charge is -2.41. The maximum absolute atomic E-state index is 12.9. The fourth-order valence-corrected chi connectivity index (χ4v) is 3.72. The van der Waals surface area contributed by atoms with Crippen LogP contribution in [0.2, 0.25) is 0 Å². The molecule has 1 unspecified atom stereocenters. The van der Waals surface area contributed by atoms with Gasteiger partial charge in [-0.15, -0.1) is 0 Å². The number of ether oxygens (including phenoxy) is 1. The second-order valence-corrected chi connectivity index (χ2v) is 7.25. The van der Waals surface area contributed by atoms with Gasteiger partial charge in [0.15, 0.2) is 0 Å². The van der Waals surface area contributed by atoms with Crippen LogP contribution in [0.15, 0.2) is 41.3 Å². The van der Waals surface area contributed by atoms with E-state index in [4.69, 9.17) is 4.74 Å². The van der Waals surface area contributed by atoms with Crippen molar-refractivity contribution >= 4 is 11.7 Å². The van der Waals surface area contributed by atoms with Gasteiger partial charge in [-0.25, -0.2) is 4.98 Å². The van der Waals surface area contributed by atoms with E-state index < -0.39 is 0 Å². The Hall–Kier alpha value is -2.83. The van der Waals surface area contributed by atoms with Crippen LogP contribution in [0.4, 0.5) is 5.82 Å². The number of aromatic nitrogens is 2. The van der Waals surface area contributed by atoms with Gasteiger partial charge >= 0.3 is 0 Å². The minimum absolute atomic E-state index is 0.0647. The average molecular weight is 368 g/mol. The smallest absolute Gasteiger partial charge is 0.254 e. The quantitative estimate of drug-likeness (QED) is 0.815. The summed E-state index contributed by atoms with van der Waals surface area (Å²) in [6.07, 6.45) is 3.54. The van der Waals surface area contributed by atoms with E-state index in [-0.39, 0.29) is 23.6 Å². The first-order valence-corrected chi connectivity index (χ1v) is 9.34. The summed E-state index contributed by atoms with van der Waals surface area (Å²) in [4.78, 5) is 33.1. The first-order valence-electron chi connectivity index (χ1n) is 9.34. The summed E-state index contributed by atoms with van der Waals surface area (Å²) >= 11 is 0. The van der Waals surface area contributed by atoms with E-state index in [1.54, 1.807) is 17.8 Å². The van der Waals surface area contributed by atoms with E-state index in [1.807, 2.05) is 36.1 Å². The number of carbonyl (C=O) groups excluding carboxylic acids is 1. The number of nitrogens with zero attached hydrogens (tertiary/aromatic N) is 4. The number of aryl methyl sites for hydroxylation is 1. The van der Waals surface area contributed by atoms with Crippen molar-refractivity contribution < 1.29 is 9.53 Å². The molecule has 0 saturated carbocycles. The number of anilines is 1. The van der Waals surface area contributed by atoms with Crippen molar-refractivity contribution in [3.63, 3.8) is 0 Å². The molecule has 2 aromatic rings. The van der Waals surface area contributed by atoms with E-state index in [1.165, 1.54) is 6.07 Å². The number of hydrogen-bond acceptors (Lipinski definition) is 5. The number of carbonyl (C=O) groups is 1. The van der Waals surface area contributed by atoms with Crippen molar-refractivity contribution in [1.82, 2.24) is 14.5 Å².